The monoisotopic (exact) mass is 136 g/mol. The molecule has 0 radical (unpaired) electrons. The standard InChI is InChI=1S/C10H16/c1-6-8-9(7(2)3)10(8,4)5/h1,7-9H,2-5H3/t8-,9-/m1/s1. The molecule has 0 unspecified atom stereocenters. The minimum atomic E-state index is 0.420. The molecular formula is C10H16. The van der Waals surface area contributed by atoms with Gasteiger partial charge in [-0.25, -0.2) is 0 Å². The first kappa shape index (κ1) is 7.66. The van der Waals surface area contributed by atoms with Gasteiger partial charge in [0, 0.05) is 5.92 Å². The van der Waals surface area contributed by atoms with Gasteiger partial charge in [-0.2, -0.15) is 0 Å². The fraction of sp³-hybridized carbons (Fsp3) is 0.800. The molecule has 0 aromatic heterocycles. The Morgan fingerprint density at radius 2 is 1.90 bits per heavy atom. The van der Waals surface area contributed by atoms with Crippen molar-refractivity contribution in [2.75, 3.05) is 0 Å². The van der Waals surface area contributed by atoms with Crippen molar-refractivity contribution < 1.29 is 0 Å². The van der Waals surface area contributed by atoms with Crippen molar-refractivity contribution in [2.24, 2.45) is 23.2 Å². The summed E-state index contributed by atoms with van der Waals surface area (Å²) in [6.07, 6.45) is 5.39. The van der Waals surface area contributed by atoms with E-state index < -0.39 is 0 Å². The van der Waals surface area contributed by atoms with Gasteiger partial charge in [-0.15, -0.1) is 12.3 Å². The van der Waals surface area contributed by atoms with Crippen LogP contribution in [0.5, 0.6) is 0 Å². The first-order chi connectivity index (χ1) is 4.51. The van der Waals surface area contributed by atoms with Gasteiger partial charge in [0.2, 0.25) is 0 Å². The van der Waals surface area contributed by atoms with Crippen LogP contribution in [0.3, 0.4) is 0 Å². The molecule has 0 nitrogen and oxygen atoms in total. The lowest BCUT2D eigenvalue weighted by molar-refractivity contribution is 0.451. The van der Waals surface area contributed by atoms with E-state index in [2.05, 4.69) is 33.6 Å². The fourth-order valence-electron chi connectivity index (χ4n) is 2.24. The molecule has 1 rings (SSSR count). The number of rotatable bonds is 1. The summed E-state index contributed by atoms with van der Waals surface area (Å²) in [5, 5.41) is 0. The normalized spacial score (nSPS) is 35.6. The van der Waals surface area contributed by atoms with Gasteiger partial charge in [-0.3, -0.25) is 0 Å². The molecule has 56 valence electrons. The van der Waals surface area contributed by atoms with Crippen LogP contribution in [0, 0.1) is 35.5 Å². The molecule has 2 atom stereocenters. The van der Waals surface area contributed by atoms with E-state index in [0.717, 1.165) is 11.8 Å². The van der Waals surface area contributed by atoms with Crippen LogP contribution >= 0.6 is 0 Å². The van der Waals surface area contributed by atoms with Gasteiger partial charge in [0.25, 0.3) is 0 Å². The third-order valence-corrected chi connectivity index (χ3v) is 2.81. The average Bonchev–Trinajstić information content (AvgIpc) is 2.33. The molecular weight excluding hydrogens is 120 g/mol. The van der Waals surface area contributed by atoms with E-state index in [0.29, 0.717) is 11.3 Å². The number of hydrogen-bond acceptors (Lipinski definition) is 0. The van der Waals surface area contributed by atoms with E-state index in [9.17, 15) is 0 Å². The Morgan fingerprint density at radius 1 is 1.40 bits per heavy atom. The maximum Gasteiger partial charge on any atom is 0.0290 e. The van der Waals surface area contributed by atoms with Gasteiger partial charge in [0.05, 0.1) is 0 Å². The van der Waals surface area contributed by atoms with Crippen LogP contribution in [0.2, 0.25) is 0 Å². The zero-order chi connectivity index (χ0) is 7.94. The molecule has 0 bridgehead atoms. The fourth-order valence-corrected chi connectivity index (χ4v) is 2.24. The van der Waals surface area contributed by atoms with Crippen LogP contribution in [0.1, 0.15) is 27.7 Å². The van der Waals surface area contributed by atoms with Crippen molar-refractivity contribution in [3.63, 3.8) is 0 Å². The predicted molar refractivity (Wildman–Crippen MR) is 44.4 cm³/mol. The van der Waals surface area contributed by atoms with E-state index in [1.54, 1.807) is 0 Å². The molecule has 0 N–H and O–H groups in total. The van der Waals surface area contributed by atoms with Gasteiger partial charge in [0.15, 0.2) is 0 Å². The maximum absolute atomic E-state index is 5.39. The van der Waals surface area contributed by atoms with Crippen molar-refractivity contribution in [3.05, 3.63) is 0 Å². The molecule has 1 aliphatic carbocycles. The SMILES string of the molecule is C#C[C@@H]1[C@@H](C(C)C)C1(C)C. The van der Waals surface area contributed by atoms with Gasteiger partial charge in [-0.05, 0) is 17.3 Å². The van der Waals surface area contributed by atoms with Crippen LogP contribution in [-0.2, 0) is 0 Å². The Labute approximate surface area is 64.0 Å². The lowest BCUT2D eigenvalue weighted by Crippen LogP contribution is -1.96. The summed E-state index contributed by atoms with van der Waals surface area (Å²) >= 11 is 0. The van der Waals surface area contributed by atoms with E-state index in [1.165, 1.54) is 0 Å². The Morgan fingerprint density at radius 3 is 2.00 bits per heavy atom. The lowest BCUT2D eigenvalue weighted by Gasteiger charge is -2.03. The van der Waals surface area contributed by atoms with Crippen LogP contribution < -0.4 is 0 Å². The summed E-state index contributed by atoms with van der Waals surface area (Å²) < 4.78 is 0. The van der Waals surface area contributed by atoms with Crippen molar-refractivity contribution >= 4 is 0 Å². The van der Waals surface area contributed by atoms with Crippen molar-refractivity contribution in [1.82, 2.24) is 0 Å². The highest BCUT2D eigenvalue weighted by molar-refractivity contribution is 5.19. The summed E-state index contributed by atoms with van der Waals surface area (Å²) in [7, 11) is 0. The maximum atomic E-state index is 5.39. The topological polar surface area (TPSA) is 0 Å². The zero-order valence-corrected chi connectivity index (χ0v) is 7.31. The minimum absolute atomic E-state index is 0.420. The molecule has 1 aliphatic rings. The van der Waals surface area contributed by atoms with Crippen molar-refractivity contribution in [2.45, 2.75) is 27.7 Å². The lowest BCUT2D eigenvalue weighted by atomic mass is 10.0. The molecule has 0 heterocycles. The number of hydrogen-bond donors (Lipinski definition) is 0. The molecule has 0 amide bonds. The Kier molecular flexibility index (Phi) is 1.55. The van der Waals surface area contributed by atoms with E-state index in [4.69, 9.17) is 6.42 Å². The predicted octanol–water partition coefficient (Wildman–Crippen LogP) is 2.55. The second-order valence-corrected chi connectivity index (χ2v) is 4.24. The van der Waals surface area contributed by atoms with E-state index >= 15 is 0 Å². The van der Waals surface area contributed by atoms with Crippen LogP contribution in [0.15, 0.2) is 0 Å². The quantitative estimate of drug-likeness (QED) is 0.486. The second-order valence-electron chi connectivity index (χ2n) is 4.24. The van der Waals surface area contributed by atoms with Gasteiger partial charge < -0.3 is 0 Å². The first-order valence-electron chi connectivity index (χ1n) is 3.98. The highest BCUT2D eigenvalue weighted by Crippen LogP contribution is 2.61. The summed E-state index contributed by atoms with van der Waals surface area (Å²) in [5.41, 5.74) is 0.420. The molecule has 0 aliphatic heterocycles. The van der Waals surface area contributed by atoms with E-state index in [1.807, 2.05) is 0 Å². The Balaban J connectivity index is 2.64. The zero-order valence-electron chi connectivity index (χ0n) is 7.31. The summed E-state index contributed by atoms with van der Waals surface area (Å²) in [6.45, 7) is 9.04. The molecule has 1 fully saturated rings. The minimum Gasteiger partial charge on any atom is -0.120 e. The first-order valence-corrected chi connectivity index (χ1v) is 3.98. The molecule has 10 heavy (non-hydrogen) atoms. The Bertz CT molecular complexity index is 169. The smallest absolute Gasteiger partial charge is 0.0290 e. The average molecular weight is 136 g/mol. The third-order valence-electron chi connectivity index (χ3n) is 2.81. The van der Waals surface area contributed by atoms with Crippen LogP contribution in [0.25, 0.3) is 0 Å². The molecule has 0 aromatic carbocycles. The van der Waals surface area contributed by atoms with Crippen molar-refractivity contribution in [1.29, 1.82) is 0 Å². The molecule has 0 heteroatoms. The Hall–Kier alpha value is -0.440. The molecule has 1 saturated carbocycles. The highest BCUT2D eigenvalue weighted by Gasteiger charge is 2.57. The number of terminal acetylenes is 1. The van der Waals surface area contributed by atoms with Gasteiger partial charge >= 0.3 is 0 Å². The summed E-state index contributed by atoms with van der Waals surface area (Å²) in [6, 6.07) is 0. The third kappa shape index (κ3) is 0.850. The summed E-state index contributed by atoms with van der Waals surface area (Å²) in [5.74, 6) is 4.90. The van der Waals surface area contributed by atoms with Crippen LogP contribution in [-0.4, -0.2) is 0 Å². The van der Waals surface area contributed by atoms with Crippen molar-refractivity contribution in [3.8, 4) is 12.3 Å². The van der Waals surface area contributed by atoms with Gasteiger partial charge in [-0.1, -0.05) is 27.7 Å². The molecule has 0 spiro atoms. The van der Waals surface area contributed by atoms with E-state index in [-0.39, 0.29) is 0 Å². The highest BCUT2D eigenvalue weighted by atomic mass is 14.6. The summed E-state index contributed by atoms with van der Waals surface area (Å²) in [4.78, 5) is 0. The second kappa shape index (κ2) is 2.02. The van der Waals surface area contributed by atoms with Gasteiger partial charge in [0.1, 0.15) is 0 Å². The molecule has 0 saturated heterocycles. The van der Waals surface area contributed by atoms with Crippen LogP contribution in [0.4, 0.5) is 0 Å². The molecule has 0 aromatic rings. The largest absolute Gasteiger partial charge is 0.120 e.